The van der Waals surface area contributed by atoms with Crippen LogP contribution in [0, 0.1) is 0 Å². The van der Waals surface area contributed by atoms with Gasteiger partial charge in [0.2, 0.25) is 0 Å². The van der Waals surface area contributed by atoms with Crippen LogP contribution in [0.15, 0.2) is 36.5 Å². The predicted molar refractivity (Wildman–Crippen MR) is 80.9 cm³/mol. The molecule has 0 aliphatic heterocycles. The highest BCUT2D eigenvalue weighted by atomic mass is 16.5. The molecule has 0 spiro atoms. The third-order valence-corrected chi connectivity index (χ3v) is 3.27. The standard InChI is InChI=1S/C16H23N3O/c1-3-11-19-15(8-10-18-19)13-17-9-7-14-5-4-6-16(12-14)20-2/h4-6,8,10,12,17H,3,7,9,11,13H2,1-2H3. The molecule has 1 heterocycles. The highest BCUT2D eigenvalue weighted by Crippen LogP contribution is 2.12. The van der Waals surface area contributed by atoms with Crippen LogP contribution in [0.1, 0.15) is 24.6 Å². The highest BCUT2D eigenvalue weighted by molar-refractivity contribution is 5.28. The number of aromatic nitrogens is 2. The van der Waals surface area contributed by atoms with Crippen LogP contribution >= 0.6 is 0 Å². The molecule has 0 amide bonds. The molecule has 4 heteroatoms. The number of rotatable bonds is 8. The van der Waals surface area contributed by atoms with Crippen molar-refractivity contribution in [2.24, 2.45) is 0 Å². The molecule has 1 N–H and O–H groups in total. The van der Waals surface area contributed by atoms with E-state index in [1.807, 2.05) is 18.3 Å². The van der Waals surface area contributed by atoms with Crippen LogP contribution in [0.2, 0.25) is 0 Å². The zero-order valence-corrected chi connectivity index (χ0v) is 12.3. The molecule has 108 valence electrons. The lowest BCUT2D eigenvalue weighted by Gasteiger charge is -2.08. The van der Waals surface area contributed by atoms with E-state index in [9.17, 15) is 0 Å². The minimum absolute atomic E-state index is 0.865. The van der Waals surface area contributed by atoms with Crippen molar-refractivity contribution in [3.63, 3.8) is 0 Å². The van der Waals surface area contributed by atoms with Crippen LogP contribution in [0.25, 0.3) is 0 Å². The third-order valence-electron chi connectivity index (χ3n) is 3.27. The van der Waals surface area contributed by atoms with Crippen LogP contribution in [0.4, 0.5) is 0 Å². The van der Waals surface area contributed by atoms with E-state index in [0.29, 0.717) is 0 Å². The number of nitrogens with one attached hydrogen (secondary N) is 1. The molecule has 0 atom stereocenters. The number of aryl methyl sites for hydroxylation is 1. The lowest BCUT2D eigenvalue weighted by atomic mass is 10.1. The van der Waals surface area contributed by atoms with Crippen molar-refractivity contribution >= 4 is 0 Å². The number of hydrogen-bond acceptors (Lipinski definition) is 3. The van der Waals surface area contributed by atoms with Crippen molar-refractivity contribution in [1.29, 1.82) is 0 Å². The zero-order valence-electron chi connectivity index (χ0n) is 12.3. The molecule has 0 bridgehead atoms. The van der Waals surface area contributed by atoms with Gasteiger partial charge in [0.15, 0.2) is 0 Å². The summed E-state index contributed by atoms with van der Waals surface area (Å²) in [6, 6.07) is 10.3. The summed E-state index contributed by atoms with van der Waals surface area (Å²) in [6.45, 7) is 4.97. The summed E-state index contributed by atoms with van der Waals surface area (Å²) in [5.41, 5.74) is 2.54. The fourth-order valence-electron chi connectivity index (χ4n) is 2.20. The lowest BCUT2D eigenvalue weighted by Crippen LogP contribution is -2.19. The van der Waals surface area contributed by atoms with Crippen LogP contribution < -0.4 is 10.1 Å². The second kappa shape index (κ2) is 7.70. The Morgan fingerprint density at radius 2 is 2.20 bits per heavy atom. The van der Waals surface area contributed by atoms with Crippen molar-refractivity contribution in [2.75, 3.05) is 13.7 Å². The second-order valence-corrected chi connectivity index (χ2v) is 4.82. The van der Waals surface area contributed by atoms with Gasteiger partial charge < -0.3 is 10.1 Å². The molecule has 2 aromatic rings. The summed E-state index contributed by atoms with van der Waals surface area (Å²) < 4.78 is 7.30. The maximum absolute atomic E-state index is 5.23. The smallest absolute Gasteiger partial charge is 0.119 e. The van der Waals surface area contributed by atoms with E-state index in [1.54, 1.807) is 7.11 Å². The summed E-state index contributed by atoms with van der Waals surface area (Å²) >= 11 is 0. The van der Waals surface area contributed by atoms with E-state index < -0.39 is 0 Å². The molecule has 0 fully saturated rings. The molecule has 0 saturated carbocycles. The number of methoxy groups -OCH3 is 1. The van der Waals surface area contributed by atoms with Gasteiger partial charge in [0.1, 0.15) is 5.75 Å². The van der Waals surface area contributed by atoms with Crippen LogP contribution in [-0.2, 0) is 19.5 Å². The molecule has 2 rings (SSSR count). The molecule has 4 nitrogen and oxygen atoms in total. The van der Waals surface area contributed by atoms with Gasteiger partial charge in [-0.2, -0.15) is 5.10 Å². The minimum Gasteiger partial charge on any atom is -0.497 e. The van der Waals surface area contributed by atoms with E-state index >= 15 is 0 Å². The zero-order chi connectivity index (χ0) is 14.2. The molecule has 1 aromatic heterocycles. The normalized spacial score (nSPS) is 10.7. The van der Waals surface area contributed by atoms with Crippen LogP contribution in [0.3, 0.4) is 0 Å². The van der Waals surface area contributed by atoms with E-state index in [0.717, 1.165) is 38.2 Å². The van der Waals surface area contributed by atoms with Crippen molar-refractivity contribution in [1.82, 2.24) is 15.1 Å². The topological polar surface area (TPSA) is 39.1 Å². The number of hydrogen-bond donors (Lipinski definition) is 1. The van der Waals surface area contributed by atoms with E-state index in [-0.39, 0.29) is 0 Å². The molecule has 0 radical (unpaired) electrons. The van der Waals surface area contributed by atoms with Gasteiger partial charge in [0.05, 0.1) is 12.8 Å². The Labute approximate surface area is 120 Å². The van der Waals surface area contributed by atoms with Gasteiger partial charge in [-0.05, 0) is 43.1 Å². The molecule has 1 aromatic carbocycles. The largest absolute Gasteiger partial charge is 0.497 e. The van der Waals surface area contributed by atoms with Crippen molar-refractivity contribution in [2.45, 2.75) is 32.9 Å². The van der Waals surface area contributed by atoms with Gasteiger partial charge in [-0.25, -0.2) is 0 Å². The number of benzene rings is 1. The first kappa shape index (κ1) is 14.6. The first-order valence-corrected chi connectivity index (χ1v) is 7.18. The van der Waals surface area contributed by atoms with Gasteiger partial charge in [-0.15, -0.1) is 0 Å². The molecule has 0 saturated heterocycles. The maximum atomic E-state index is 5.23. The van der Waals surface area contributed by atoms with Gasteiger partial charge in [-0.3, -0.25) is 4.68 Å². The monoisotopic (exact) mass is 273 g/mol. The molecular weight excluding hydrogens is 250 g/mol. The fourth-order valence-corrected chi connectivity index (χ4v) is 2.20. The Balaban J connectivity index is 1.77. The number of nitrogens with zero attached hydrogens (tertiary/aromatic N) is 2. The van der Waals surface area contributed by atoms with Crippen molar-refractivity contribution in [3.05, 3.63) is 47.8 Å². The first-order chi connectivity index (χ1) is 9.83. The Hall–Kier alpha value is -1.81. The summed E-state index contributed by atoms with van der Waals surface area (Å²) in [7, 11) is 1.70. The minimum atomic E-state index is 0.865. The van der Waals surface area contributed by atoms with Gasteiger partial charge in [0.25, 0.3) is 0 Å². The van der Waals surface area contributed by atoms with Gasteiger partial charge in [-0.1, -0.05) is 19.1 Å². The van der Waals surface area contributed by atoms with E-state index in [1.165, 1.54) is 11.3 Å². The molecule has 0 unspecified atom stereocenters. The third kappa shape index (κ3) is 4.10. The second-order valence-electron chi connectivity index (χ2n) is 4.82. The summed E-state index contributed by atoms with van der Waals surface area (Å²) in [5.74, 6) is 0.920. The lowest BCUT2D eigenvalue weighted by molar-refractivity contribution is 0.414. The van der Waals surface area contributed by atoms with Gasteiger partial charge in [0, 0.05) is 19.3 Å². The number of ether oxygens (including phenoxy) is 1. The molecule has 0 aliphatic carbocycles. The Bertz CT molecular complexity index is 522. The average molecular weight is 273 g/mol. The predicted octanol–water partition coefficient (Wildman–Crippen LogP) is 2.63. The Kier molecular flexibility index (Phi) is 5.62. The van der Waals surface area contributed by atoms with E-state index in [2.05, 4.69) is 40.2 Å². The quantitative estimate of drug-likeness (QED) is 0.752. The molecule has 0 aliphatic rings. The molecule has 20 heavy (non-hydrogen) atoms. The Morgan fingerprint density at radius 3 is 3.00 bits per heavy atom. The first-order valence-electron chi connectivity index (χ1n) is 7.18. The van der Waals surface area contributed by atoms with Crippen LogP contribution in [-0.4, -0.2) is 23.4 Å². The Morgan fingerprint density at radius 1 is 1.30 bits per heavy atom. The molecular formula is C16H23N3O. The average Bonchev–Trinajstić information content (AvgIpc) is 2.92. The highest BCUT2D eigenvalue weighted by Gasteiger charge is 2.01. The SMILES string of the molecule is CCCn1nccc1CNCCc1cccc(OC)c1. The summed E-state index contributed by atoms with van der Waals surface area (Å²) in [6.07, 6.45) is 3.98. The fraction of sp³-hybridized carbons (Fsp3) is 0.438. The summed E-state index contributed by atoms with van der Waals surface area (Å²) in [4.78, 5) is 0. The van der Waals surface area contributed by atoms with Crippen molar-refractivity contribution in [3.8, 4) is 5.75 Å². The van der Waals surface area contributed by atoms with E-state index in [4.69, 9.17) is 4.74 Å². The van der Waals surface area contributed by atoms with Gasteiger partial charge >= 0.3 is 0 Å². The summed E-state index contributed by atoms with van der Waals surface area (Å²) in [5, 5.41) is 7.80. The van der Waals surface area contributed by atoms with Crippen molar-refractivity contribution < 1.29 is 4.74 Å². The maximum Gasteiger partial charge on any atom is 0.119 e. The van der Waals surface area contributed by atoms with Crippen LogP contribution in [0.5, 0.6) is 5.75 Å².